The number of rotatable bonds is 3. The fourth-order valence-corrected chi connectivity index (χ4v) is 1.74. The van der Waals surface area contributed by atoms with Crippen LogP contribution >= 0.6 is 0 Å². The molecule has 0 saturated carbocycles. The standard InChI is InChI=1S/C11H17NO2S/c1-11(2,3)15(14)12-8-9-6-4-5-7-10(9)13/h4-7,12-13H,8H2,1-3H3. The van der Waals surface area contributed by atoms with Crippen molar-refractivity contribution in [3.63, 3.8) is 0 Å². The van der Waals surface area contributed by atoms with Crippen molar-refractivity contribution in [3.05, 3.63) is 29.8 Å². The van der Waals surface area contributed by atoms with Gasteiger partial charge in [0.05, 0.1) is 15.7 Å². The van der Waals surface area contributed by atoms with Crippen molar-refractivity contribution < 1.29 is 9.32 Å². The topological polar surface area (TPSA) is 49.3 Å². The smallest absolute Gasteiger partial charge is 0.120 e. The molecule has 0 aliphatic carbocycles. The summed E-state index contributed by atoms with van der Waals surface area (Å²) in [6.45, 7) is 6.12. The van der Waals surface area contributed by atoms with Gasteiger partial charge in [0.25, 0.3) is 0 Å². The van der Waals surface area contributed by atoms with Gasteiger partial charge in [-0.2, -0.15) is 0 Å². The molecule has 0 bridgehead atoms. The van der Waals surface area contributed by atoms with Gasteiger partial charge in [-0.3, -0.25) is 0 Å². The molecule has 0 aliphatic heterocycles. The maximum absolute atomic E-state index is 11.7. The van der Waals surface area contributed by atoms with E-state index in [-0.39, 0.29) is 10.5 Å². The Balaban J connectivity index is 2.59. The third-order valence-electron chi connectivity index (χ3n) is 1.94. The molecule has 1 atom stereocenters. The summed E-state index contributed by atoms with van der Waals surface area (Å²) in [7, 11) is -1.11. The highest BCUT2D eigenvalue weighted by atomic mass is 32.2. The first-order chi connectivity index (χ1) is 6.91. The summed E-state index contributed by atoms with van der Waals surface area (Å²) >= 11 is 0. The molecule has 3 nitrogen and oxygen atoms in total. The van der Waals surface area contributed by atoms with E-state index in [1.165, 1.54) is 0 Å². The molecular weight excluding hydrogens is 210 g/mol. The first kappa shape index (κ1) is 12.2. The molecule has 0 aliphatic rings. The molecule has 84 valence electrons. The van der Waals surface area contributed by atoms with Crippen molar-refractivity contribution >= 4 is 11.0 Å². The van der Waals surface area contributed by atoms with E-state index in [1.54, 1.807) is 12.1 Å². The Labute approximate surface area is 93.1 Å². The minimum absolute atomic E-state index is 0.232. The number of hydrogen-bond acceptors (Lipinski definition) is 2. The molecule has 0 spiro atoms. The SMILES string of the molecule is CC(C)(C)S(=O)NCc1ccccc1O. The minimum atomic E-state index is -1.11. The lowest BCUT2D eigenvalue weighted by molar-refractivity contribution is 0.467. The predicted molar refractivity (Wildman–Crippen MR) is 62.8 cm³/mol. The Kier molecular flexibility index (Phi) is 3.88. The lowest BCUT2D eigenvalue weighted by Gasteiger charge is -2.18. The van der Waals surface area contributed by atoms with Crippen LogP contribution in [0.15, 0.2) is 24.3 Å². The summed E-state index contributed by atoms with van der Waals surface area (Å²) in [6, 6.07) is 7.04. The van der Waals surface area contributed by atoms with Crippen LogP contribution in [-0.4, -0.2) is 14.1 Å². The predicted octanol–water partition coefficient (Wildman–Crippen LogP) is 1.94. The van der Waals surface area contributed by atoms with E-state index in [1.807, 2.05) is 32.9 Å². The second-order valence-electron chi connectivity index (χ2n) is 4.33. The number of aromatic hydroxyl groups is 1. The van der Waals surface area contributed by atoms with Gasteiger partial charge in [-0.1, -0.05) is 18.2 Å². The zero-order valence-electron chi connectivity index (χ0n) is 9.28. The Morgan fingerprint density at radius 2 is 1.93 bits per heavy atom. The summed E-state index contributed by atoms with van der Waals surface area (Å²) < 4.78 is 14.3. The molecule has 0 aromatic heterocycles. The van der Waals surface area contributed by atoms with Gasteiger partial charge in [0.1, 0.15) is 5.75 Å². The number of nitrogens with one attached hydrogen (secondary N) is 1. The summed E-state index contributed by atoms with van der Waals surface area (Å²) in [5.74, 6) is 0.232. The van der Waals surface area contributed by atoms with Crippen molar-refractivity contribution in [2.45, 2.75) is 32.1 Å². The number of phenols is 1. The molecule has 0 radical (unpaired) electrons. The summed E-state index contributed by atoms with van der Waals surface area (Å²) in [5.41, 5.74) is 0.759. The number of hydrogen-bond donors (Lipinski definition) is 2. The van der Waals surface area contributed by atoms with E-state index in [0.717, 1.165) is 5.56 Å². The first-order valence-corrected chi connectivity index (χ1v) is 5.98. The minimum Gasteiger partial charge on any atom is -0.508 e. The monoisotopic (exact) mass is 227 g/mol. The lowest BCUT2D eigenvalue weighted by atomic mass is 10.2. The van der Waals surface area contributed by atoms with Gasteiger partial charge in [-0.25, -0.2) is 8.93 Å². The van der Waals surface area contributed by atoms with Crippen LogP contribution in [0.5, 0.6) is 5.75 Å². The van der Waals surface area contributed by atoms with Gasteiger partial charge in [-0.05, 0) is 26.8 Å². The van der Waals surface area contributed by atoms with Crippen molar-refractivity contribution in [2.75, 3.05) is 0 Å². The molecule has 1 unspecified atom stereocenters. The second-order valence-corrected chi connectivity index (χ2v) is 6.38. The molecule has 0 amide bonds. The highest BCUT2D eigenvalue weighted by molar-refractivity contribution is 7.84. The molecule has 0 heterocycles. The van der Waals surface area contributed by atoms with Gasteiger partial charge >= 0.3 is 0 Å². The van der Waals surface area contributed by atoms with Gasteiger partial charge in [0, 0.05) is 12.1 Å². The van der Waals surface area contributed by atoms with Crippen LogP contribution in [0.2, 0.25) is 0 Å². The zero-order chi connectivity index (χ0) is 11.5. The van der Waals surface area contributed by atoms with Crippen LogP contribution in [0, 0.1) is 0 Å². The Hall–Kier alpha value is -0.870. The molecule has 0 fully saturated rings. The lowest BCUT2D eigenvalue weighted by Crippen LogP contribution is -2.32. The van der Waals surface area contributed by atoms with E-state index in [4.69, 9.17) is 0 Å². The Morgan fingerprint density at radius 3 is 2.47 bits per heavy atom. The van der Waals surface area contributed by atoms with Crippen molar-refractivity contribution in [1.29, 1.82) is 0 Å². The van der Waals surface area contributed by atoms with E-state index in [2.05, 4.69) is 4.72 Å². The first-order valence-electron chi connectivity index (χ1n) is 4.83. The van der Waals surface area contributed by atoms with Gasteiger partial charge < -0.3 is 5.11 Å². The number of benzene rings is 1. The summed E-state index contributed by atoms with van der Waals surface area (Å²) in [4.78, 5) is 0. The summed E-state index contributed by atoms with van der Waals surface area (Å²) in [6.07, 6.45) is 0. The van der Waals surface area contributed by atoms with Crippen LogP contribution < -0.4 is 4.72 Å². The normalized spacial score (nSPS) is 13.8. The third kappa shape index (κ3) is 3.64. The Morgan fingerprint density at radius 1 is 1.33 bits per heavy atom. The molecular formula is C11H17NO2S. The average Bonchev–Trinajstić information content (AvgIpc) is 2.14. The fraction of sp³-hybridized carbons (Fsp3) is 0.455. The summed E-state index contributed by atoms with van der Waals surface area (Å²) in [5, 5.41) is 9.49. The molecule has 1 aromatic carbocycles. The molecule has 15 heavy (non-hydrogen) atoms. The van der Waals surface area contributed by atoms with Crippen LogP contribution in [0.1, 0.15) is 26.3 Å². The third-order valence-corrected chi connectivity index (χ3v) is 3.46. The average molecular weight is 227 g/mol. The van der Waals surface area contributed by atoms with Gasteiger partial charge in [0.15, 0.2) is 0 Å². The fourth-order valence-electron chi connectivity index (χ4n) is 1.02. The van der Waals surface area contributed by atoms with Crippen LogP contribution in [0.4, 0.5) is 0 Å². The maximum atomic E-state index is 11.7. The molecule has 1 rings (SSSR count). The molecule has 1 aromatic rings. The van der Waals surface area contributed by atoms with Crippen molar-refractivity contribution in [1.82, 2.24) is 4.72 Å². The highest BCUT2D eigenvalue weighted by Crippen LogP contribution is 2.16. The van der Waals surface area contributed by atoms with E-state index in [0.29, 0.717) is 6.54 Å². The van der Waals surface area contributed by atoms with E-state index >= 15 is 0 Å². The number of para-hydroxylation sites is 1. The maximum Gasteiger partial charge on any atom is 0.120 e. The number of phenolic OH excluding ortho intramolecular Hbond substituents is 1. The molecule has 2 N–H and O–H groups in total. The van der Waals surface area contributed by atoms with Crippen molar-refractivity contribution in [2.24, 2.45) is 0 Å². The van der Waals surface area contributed by atoms with Crippen LogP contribution in [0.25, 0.3) is 0 Å². The van der Waals surface area contributed by atoms with Crippen LogP contribution in [-0.2, 0) is 17.5 Å². The quantitative estimate of drug-likeness (QED) is 0.829. The molecule has 0 saturated heterocycles. The zero-order valence-corrected chi connectivity index (χ0v) is 10.1. The Bertz CT molecular complexity index is 358. The largest absolute Gasteiger partial charge is 0.508 e. The van der Waals surface area contributed by atoms with E-state index in [9.17, 15) is 9.32 Å². The van der Waals surface area contributed by atoms with E-state index < -0.39 is 11.0 Å². The highest BCUT2D eigenvalue weighted by Gasteiger charge is 2.19. The second kappa shape index (κ2) is 4.77. The van der Waals surface area contributed by atoms with Gasteiger partial charge in [0.2, 0.25) is 0 Å². The van der Waals surface area contributed by atoms with Gasteiger partial charge in [-0.15, -0.1) is 0 Å². The van der Waals surface area contributed by atoms with Crippen LogP contribution in [0.3, 0.4) is 0 Å². The molecule has 4 heteroatoms. The van der Waals surface area contributed by atoms with Crippen molar-refractivity contribution in [3.8, 4) is 5.75 Å².